The van der Waals surface area contributed by atoms with Gasteiger partial charge in [-0.15, -0.1) is 11.8 Å². The van der Waals surface area contributed by atoms with Gasteiger partial charge in [-0.05, 0) is 66.9 Å². The van der Waals surface area contributed by atoms with Crippen LogP contribution in [0.4, 0.5) is 0 Å². The Hall–Kier alpha value is -1.22. The summed E-state index contributed by atoms with van der Waals surface area (Å²) < 4.78 is 5.44. The van der Waals surface area contributed by atoms with Crippen LogP contribution in [-0.2, 0) is 4.79 Å². The van der Waals surface area contributed by atoms with Gasteiger partial charge >= 0.3 is 0 Å². The molecule has 2 aliphatic rings. The minimum absolute atomic E-state index is 0.0979. The Kier molecular flexibility index (Phi) is 5.07. The highest BCUT2D eigenvalue weighted by Gasteiger charge is 2.44. The van der Waals surface area contributed by atoms with Crippen molar-refractivity contribution in [3.8, 4) is 5.75 Å². The molecule has 0 aliphatic heterocycles. The number of ketones is 1. The fourth-order valence-corrected chi connectivity index (χ4v) is 5.82. The van der Waals surface area contributed by atoms with E-state index in [0.29, 0.717) is 24.0 Å². The number of carbonyl (C=O) groups excluding carboxylic acids is 1. The van der Waals surface area contributed by atoms with Gasteiger partial charge in [-0.3, -0.25) is 4.79 Å². The first-order chi connectivity index (χ1) is 11.7. The number of rotatable bonds is 4. The zero-order chi connectivity index (χ0) is 18.2. The second-order valence-electron chi connectivity index (χ2n) is 8.76. The molecule has 1 aromatic rings. The van der Waals surface area contributed by atoms with E-state index in [0.717, 1.165) is 12.2 Å². The quantitative estimate of drug-likeness (QED) is 0.626. The largest absolute Gasteiger partial charge is 0.497 e. The van der Waals surface area contributed by atoms with Crippen molar-refractivity contribution in [2.45, 2.75) is 63.0 Å². The Morgan fingerprint density at radius 1 is 1.20 bits per heavy atom. The van der Waals surface area contributed by atoms with Gasteiger partial charge in [-0.1, -0.05) is 33.3 Å². The van der Waals surface area contributed by atoms with E-state index in [2.05, 4.69) is 39.8 Å². The zero-order valence-electron chi connectivity index (χ0n) is 16.1. The van der Waals surface area contributed by atoms with Gasteiger partial charge in [0.1, 0.15) is 5.75 Å². The minimum atomic E-state index is 0.0979. The molecule has 2 nitrogen and oxygen atoms in total. The molecule has 25 heavy (non-hydrogen) atoms. The minimum Gasteiger partial charge on any atom is -0.497 e. The number of methoxy groups -OCH3 is 1. The molecule has 0 amide bonds. The lowest BCUT2D eigenvalue weighted by atomic mass is 9.60. The molecule has 0 spiro atoms. The summed E-state index contributed by atoms with van der Waals surface area (Å²) in [5, 5.41) is 0. The maximum absolute atomic E-state index is 12.0. The average molecular weight is 359 g/mol. The normalized spacial score (nSPS) is 26.0. The van der Waals surface area contributed by atoms with Crippen LogP contribution >= 0.6 is 11.8 Å². The number of thioether (sulfide) groups is 1. The molecule has 1 aromatic carbocycles. The highest BCUT2D eigenvalue weighted by molar-refractivity contribution is 8.00. The van der Waals surface area contributed by atoms with Crippen LogP contribution in [0.5, 0.6) is 5.75 Å². The van der Waals surface area contributed by atoms with Crippen molar-refractivity contribution < 1.29 is 9.53 Å². The summed E-state index contributed by atoms with van der Waals surface area (Å²) in [4.78, 5) is 13.3. The molecular weight excluding hydrogens is 328 g/mol. The number of ether oxygens (including phenoxy) is 1. The van der Waals surface area contributed by atoms with E-state index in [4.69, 9.17) is 4.74 Å². The maximum atomic E-state index is 12.0. The van der Waals surface area contributed by atoms with E-state index in [1.807, 2.05) is 30.0 Å². The van der Waals surface area contributed by atoms with Gasteiger partial charge in [-0.25, -0.2) is 0 Å². The second kappa shape index (κ2) is 6.83. The monoisotopic (exact) mass is 358 g/mol. The Morgan fingerprint density at radius 3 is 2.52 bits per heavy atom. The summed E-state index contributed by atoms with van der Waals surface area (Å²) in [5.41, 5.74) is 1.50. The fourth-order valence-electron chi connectivity index (χ4n) is 4.55. The third kappa shape index (κ3) is 3.97. The first-order valence-electron chi connectivity index (χ1n) is 9.27. The van der Waals surface area contributed by atoms with Crippen molar-refractivity contribution in [3.05, 3.63) is 35.9 Å². The van der Waals surface area contributed by atoms with Gasteiger partial charge in [0.25, 0.3) is 0 Å². The van der Waals surface area contributed by atoms with Gasteiger partial charge in [-0.2, -0.15) is 0 Å². The van der Waals surface area contributed by atoms with E-state index in [1.54, 1.807) is 7.11 Å². The van der Waals surface area contributed by atoms with E-state index in [1.165, 1.54) is 23.3 Å². The number of hydrogen-bond donors (Lipinski definition) is 0. The molecular formula is C22H30O2S. The summed E-state index contributed by atoms with van der Waals surface area (Å²) in [5.74, 6) is 2.44. The van der Waals surface area contributed by atoms with Crippen molar-refractivity contribution in [1.29, 1.82) is 0 Å². The Morgan fingerprint density at radius 2 is 1.88 bits per heavy atom. The standard InChI is InChI=1S/C22H30O2S/c1-21(2)14-17(23)12-15-6-7-16(13-20(15)21)22(3,4)25-19-10-8-18(24-5)9-11-19/h8-12,16,20H,6-7,13-14H2,1-5H3/t16-,20-/m1/s1. The van der Waals surface area contributed by atoms with Crippen LogP contribution in [-0.4, -0.2) is 17.6 Å². The molecule has 0 aromatic heterocycles. The summed E-state index contributed by atoms with van der Waals surface area (Å²) in [6.07, 6.45) is 6.11. The van der Waals surface area contributed by atoms with E-state index in [9.17, 15) is 4.79 Å². The van der Waals surface area contributed by atoms with Gasteiger partial charge in [0.2, 0.25) is 0 Å². The van der Waals surface area contributed by atoms with Gasteiger partial charge in [0.15, 0.2) is 5.78 Å². The molecule has 0 saturated heterocycles. The van der Waals surface area contributed by atoms with Crippen LogP contribution in [0.3, 0.4) is 0 Å². The van der Waals surface area contributed by atoms with Crippen molar-refractivity contribution in [1.82, 2.24) is 0 Å². The Labute approximate surface area is 156 Å². The lowest BCUT2D eigenvalue weighted by Gasteiger charge is -2.47. The summed E-state index contributed by atoms with van der Waals surface area (Å²) >= 11 is 1.97. The molecule has 0 bridgehead atoms. The molecule has 2 aliphatic carbocycles. The summed E-state index contributed by atoms with van der Waals surface area (Å²) in [6.45, 7) is 9.30. The predicted molar refractivity (Wildman–Crippen MR) is 105 cm³/mol. The first kappa shape index (κ1) is 18.6. The van der Waals surface area contributed by atoms with Crippen LogP contribution in [0, 0.1) is 17.3 Å². The molecule has 1 saturated carbocycles. The van der Waals surface area contributed by atoms with Gasteiger partial charge in [0.05, 0.1) is 7.11 Å². The molecule has 2 atom stereocenters. The predicted octanol–water partition coefficient (Wildman–Crippen LogP) is 5.91. The number of allylic oxidation sites excluding steroid dienone is 2. The number of carbonyl (C=O) groups is 1. The molecule has 0 heterocycles. The Balaban J connectivity index is 1.74. The SMILES string of the molecule is COc1ccc(SC(C)(C)[C@@H]2CCC3=CC(=O)CC(C)(C)[C@@H]3C2)cc1. The molecule has 136 valence electrons. The highest BCUT2D eigenvalue weighted by Crippen LogP contribution is 2.53. The summed E-state index contributed by atoms with van der Waals surface area (Å²) in [6, 6.07) is 8.39. The van der Waals surface area contributed by atoms with Crippen LogP contribution in [0.25, 0.3) is 0 Å². The molecule has 3 heteroatoms. The third-order valence-electron chi connectivity index (χ3n) is 6.09. The molecule has 3 rings (SSSR count). The molecule has 0 unspecified atom stereocenters. The number of benzene rings is 1. The fraction of sp³-hybridized carbons (Fsp3) is 0.591. The topological polar surface area (TPSA) is 26.3 Å². The van der Waals surface area contributed by atoms with Crippen LogP contribution in [0.15, 0.2) is 40.8 Å². The molecule has 0 radical (unpaired) electrons. The highest BCUT2D eigenvalue weighted by atomic mass is 32.2. The lowest BCUT2D eigenvalue weighted by molar-refractivity contribution is -0.118. The van der Waals surface area contributed by atoms with Crippen LogP contribution in [0.1, 0.15) is 53.4 Å². The summed E-state index contributed by atoms with van der Waals surface area (Å²) in [7, 11) is 1.70. The van der Waals surface area contributed by atoms with E-state index in [-0.39, 0.29) is 10.2 Å². The first-order valence-corrected chi connectivity index (χ1v) is 10.1. The zero-order valence-corrected chi connectivity index (χ0v) is 16.9. The number of fused-ring (bicyclic) bond motifs is 1. The van der Waals surface area contributed by atoms with E-state index >= 15 is 0 Å². The van der Waals surface area contributed by atoms with Crippen LogP contribution < -0.4 is 4.74 Å². The van der Waals surface area contributed by atoms with Crippen LogP contribution in [0.2, 0.25) is 0 Å². The van der Waals surface area contributed by atoms with E-state index < -0.39 is 0 Å². The average Bonchev–Trinajstić information content (AvgIpc) is 2.54. The van der Waals surface area contributed by atoms with Crippen molar-refractivity contribution in [3.63, 3.8) is 0 Å². The van der Waals surface area contributed by atoms with Crippen molar-refractivity contribution in [2.24, 2.45) is 17.3 Å². The smallest absolute Gasteiger partial charge is 0.156 e. The van der Waals surface area contributed by atoms with Gasteiger partial charge < -0.3 is 4.74 Å². The maximum Gasteiger partial charge on any atom is 0.156 e. The number of hydrogen-bond acceptors (Lipinski definition) is 3. The van der Waals surface area contributed by atoms with Gasteiger partial charge in [0, 0.05) is 16.1 Å². The van der Waals surface area contributed by atoms with Crippen molar-refractivity contribution >= 4 is 17.5 Å². The second-order valence-corrected chi connectivity index (χ2v) is 10.5. The lowest BCUT2D eigenvalue weighted by Crippen LogP contribution is -2.40. The molecule has 0 N–H and O–H groups in total. The third-order valence-corrected chi connectivity index (χ3v) is 7.46. The van der Waals surface area contributed by atoms with Crippen molar-refractivity contribution in [2.75, 3.05) is 7.11 Å². The molecule has 1 fully saturated rings. The Bertz CT molecular complexity index is 670.